The number of halogens is 1. The first kappa shape index (κ1) is 15.5. The van der Waals surface area contributed by atoms with E-state index in [0.717, 1.165) is 0 Å². The largest absolute Gasteiger partial charge is 0.481 e. The summed E-state index contributed by atoms with van der Waals surface area (Å²) in [5, 5.41) is 30.2. The van der Waals surface area contributed by atoms with Crippen LogP contribution in [-0.4, -0.2) is 50.1 Å². The number of carboxylic acids is 1. The average molecular weight is 319 g/mol. The van der Waals surface area contributed by atoms with Crippen LogP contribution in [0.3, 0.4) is 0 Å². The molecule has 0 unspecified atom stereocenters. The van der Waals surface area contributed by atoms with Gasteiger partial charge < -0.3 is 20.1 Å². The van der Waals surface area contributed by atoms with Gasteiger partial charge >= 0.3 is 5.97 Å². The molecule has 1 aliphatic heterocycles. The summed E-state index contributed by atoms with van der Waals surface area (Å²) in [4.78, 5) is 11.9. The lowest BCUT2D eigenvalue weighted by atomic mass is 9.44. The summed E-state index contributed by atoms with van der Waals surface area (Å²) in [7, 11) is 0. The third kappa shape index (κ3) is 1.56. The highest BCUT2D eigenvalue weighted by Crippen LogP contribution is 2.74. The van der Waals surface area contributed by atoms with Crippen molar-refractivity contribution in [1.29, 1.82) is 0 Å². The maximum atomic E-state index is 11.9. The van der Waals surface area contributed by atoms with Crippen molar-refractivity contribution >= 4 is 17.6 Å². The molecule has 6 heteroatoms. The molecule has 0 radical (unpaired) electrons. The van der Waals surface area contributed by atoms with Gasteiger partial charge in [-0.05, 0) is 13.3 Å². The van der Waals surface area contributed by atoms with Crippen molar-refractivity contribution in [2.24, 2.45) is 16.7 Å². The van der Waals surface area contributed by atoms with Crippen LogP contribution < -0.4 is 0 Å². The minimum absolute atomic E-state index is 0.211. The van der Waals surface area contributed by atoms with Crippen molar-refractivity contribution in [3.63, 3.8) is 0 Å². The summed E-state index contributed by atoms with van der Waals surface area (Å²) >= 11 is 6.42. The second-order valence-corrected chi connectivity index (χ2v) is 8.46. The maximum absolute atomic E-state index is 11.9. The molecule has 0 aromatic carbocycles. The zero-order valence-corrected chi connectivity index (χ0v) is 13.5. The molecule has 0 amide bonds. The van der Waals surface area contributed by atoms with Crippen molar-refractivity contribution in [3.05, 3.63) is 0 Å². The molecule has 2 saturated carbocycles. The fraction of sp³-hybridized carbons (Fsp3) is 0.933. The quantitative estimate of drug-likeness (QED) is 0.502. The van der Waals surface area contributed by atoms with Gasteiger partial charge in [-0.1, -0.05) is 20.8 Å². The third-order valence-corrected chi connectivity index (χ3v) is 7.13. The summed E-state index contributed by atoms with van der Waals surface area (Å²) in [6, 6.07) is 0. The summed E-state index contributed by atoms with van der Waals surface area (Å²) in [5.41, 5.74) is -3.49. The Hall–Kier alpha value is -0.360. The normalized spacial score (nSPS) is 58.0. The van der Waals surface area contributed by atoms with Gasteiger partial charge in [0.25, 0.3) is 0 Å². The number of epoxide rings is 1. The molecule has 120 valence electrons. The minimum atomic E-state index is -1.36. The van der Waals surface area contributed by atoms with Crippen LogP contribution >= 0.6 is 11.6 Å². The van der Waals surface area contributed by atoms with Crippen molar-refractivity contribution in [2.45, 2.75) is 69.3 Å². The monoisotopic (exact) mass is 318 g/mol. The van der Waals surface area contributed by atoms with Gasteiger partial charge in [-0.15, -0.1) is 11.6 Å². The van der Waals surface area contributed by atoms with Crippen LogP contribution in [0.5, 0.6) is 0 Å². The topological polar surface area (TPSA) is 90.3 Å². The fourth-order valence-corrected chi connectivity index (χ4v) is 5.86. The smallest absolute Gasteiger partial charge is 0.310 e. The Bertz CT molecular complexity index is 504. The first-order valence-electron chi connectivity index (χ1n) is 7.37. The number of ether oxygens (including phenoxy) is 1. The molecule has 3 N–H and O–H groups in total. The van der Waals surface area contributed by atoms with E-state index in [0.29, 0.717) is 0 Å². The molecule has 1 spiro atoms. The molecule has 3 aliphatic rings. The number of aliphatic hydroxyl groups excluding tert-OH is 1. The second-order valence-electron chi connectivity index (χ2n) is 7.99. The highest BCUT2D eigenvalue weighted by atomic mass is 35.5. The van der Waals surface area contributed by atoms with Crippen LogP contribution in [0.25, 0.3) is 0 Å². The van der Waals surface area contributed by atoms with Crippen molar-refractivity contribution in [2.75, 3.05) is 0 Å². The van der Waals surface area contributed by atoms with Gasteiger partial charge in [0.1, 0.15) is 5.60 Å². The molecule has 1 saturated heterocycles. The van der Waals surface area contributed by atoms with Crippen LogP contribution in [0.4, 0.5) is 0 Å². The Morgan fingerprint density at radius 1 is 1.24 bits per heavy atom. The van der Waals surface area contributed by atoms with E-state index in [1.54, 1.807) is 6.92 Å². The predicted molar refractivity (Wildman–Crippen MR) is 76.1 cm³/mol. The lowest BCUT2D eigenvalue weighted by Crippen LogP contribution is -2.70. The zero-order valence-electron chi connectivity index (χ0n) is 12.8. The lowest BCUT2D eigenvalue weighted by molar-refractivity contribution is -0.193. The van der Waals surface area contributed by atoms with E-state index >= 15 is 0 Å². The van der Waals surface area contributed by atoms with Gasteiger partial charge in [0.15, 0.2) is 0 Å². The molecule has 5 nitrogen and oxygen atoms in total. The van der Waals surface area contributed by atoms with E-state index in [1.807, 2.05) is 20.8 Å². The van der Waals surface area contributed by atoms with Crippen molar-refractivity contribution in [1.82, 2.24) is 0 Å². The van der Waals surface area contributed by atoms with E-state index < -0.39 is 45.4 Å². The Balaban J connectivity index is 2.17. The Kier molecular flexibility index (Phi) is 2.91. The predicted octanol–water partition coefficient (Wildman–Crippen LogP) is 1.38. The number of hydrogen-bond acceptors (Lipinski definition) is 4. The van der Waals surface area contributed by atoms with E-state index in [1.165, 1.54) is 0 Å². The fourth-order valence-electron chi connectivity index (χ4n) is 5.61. The van der Waals surface area contributed by atoms with Crippen LogP contribution in [0.15, 0.2) is 0 Å². The Morgan fingerprint density at radius 3 is 2.33 bits per heavy atom. The number of rotatable bonds is 1. The number of carboxylic acid groups (broad SMARTS) is 1. The molecule has 0 bridgehead atoms. The molecule has 2 aliphatic carbocycles. The molecule has 0 aromatic rings. The van der Waals surface area contributed by atoms with Crippen LogP contribution in [-0.2, 0) is 9.53 Å². The minimum Gasteiger partial charge on any atom is -0.481 e. The highest BCUT2D eigenvalue weighted by Gasteiger charge is 2.84. The second kappa shape index (κ2) is 3.94. The molecule has 7 atom stereocenters. The Morgan fingerprint density at radius 2 is 1.81 bits per heavy atom. The van der Waals surface area contributed by atoms with Gasteiger partial charge in [0.2, 0.25) is 0 Å². The molecule has 3 fully saturated rings. The van der Waals surface area contributed by atoms with E-state index in [9.17, 15) is 20.1 Å². The molecular formula is C15H23ClO5. The Labute approximate surface area is 129 Å². The van der Waals surface area contributed by atoms with Crippen LogP contribution in [0, 0.1) is 16.7 Å². The van der Waals surface area contributed by atoms with Gasteiger partial charge in [-0.2, -0.15) is 0 Å². The van der Waals surface area contributed by atoms with Gasteiger partial charge in [0, 0.05) is 17.3 Å². The number of hydrogen-bond donors (Lipinski definition) is 3. The van der Waals surface area contributed by atoms with Crippen LogP contribution in [0.2, 0.25) is 0 Å². The standard InChI is InChI=1S/C15H23ClO5/c1-12(2)10(16)7(17)5-13(3)9(11(18)19)14(4,20)6-8-15(12,13)21-8/h7-10,17,20H,5-6H2,1-4H3,(H,18,19)/t7-,8-,9+,10-,13+,14+,15+/m0/s1. The van der Waals surface area contributed by atoms with E-state index in [4.69, 9.17) is 16.3 Å². The van der Waals surface area contributed by atoms with Gasteiger partial charge in [0.05, 0.1) is 29.1 Å². The molecule has 0 aromatic heterocycles. The molecule has 3 rings (SSSR count). The third-order valence-electron chi connectivity index (χ3n) is 6.30. The van der Waals surface area contributed by atoms with Gasteiger partial charge in [-0.25, -0.2) is 0 Å². The summed E-state index contributed by atoms with van der Waals surface area (Å²) in [6.45, 7) is 7.20. The highest BCUT2D eigenvalue weighted by molar-refractivity contribution is 6.21. The maximum Gasteiger partial charge on any atom is 0.310 e. The SMILES string of the molecule is CC1(C)[C@@H](Cl)[C@@H](O)C[C@]2(C)[C@@H](C(=O)O)[C@](C)(O)C[C@@H]3O[C@]312. The average Bonchev–Trinajstić information content (AvgIpc) is 3.00. The first-order valence-corrected chi connectivity index (χ1v) is 7.80. The summed E-state index contributed by atoms with van der Waals surface area (Å²) < 4.78 is 6.00. The summed E-state index contributed by atoms with van der Waals surface area (Å²) in [6.07, 6.45) is -0.536. The van der Waals surface area contributed by atoms with Crippen molar-refractivity contribution < 1.29 is 24.9 Å². The molecular weight excluding hydrogens is 296 g/mol. The summed E-state index contributed by atoms with van der Waals surface area (Å²) in [5.74, 6) is -2.05. The van der Waals surface area contributed by atoms with Gasteiger partial charge in [-0.3, -0.25) is 4.79 Å². The van der Waals surface area contributed by atoms with Crippen molar-refractivity contribution in [3.8, 4) is 0 Å². The number of aliphatic carboxylic acids is 1. The lowest BCUT2D eigenvalue weighted by Gasteiger charge is -2.59. The number of aliphatic hydroxyl groups is 2. The van der Waals surface area contributed by atoms with E-state index in [2.05, 4.69) is 0 Å². The number of carbonyl (C=O) groups is 1. The zero-order chi connectivity index (χ0) is 16.0. The first-order chi connectivity index (χ1) is 9.42. The van der Waals surface area contributed by atoms with E-state index in [-0.39, 0.29) is 18.9 Å². The molecule has 1 heterocycles. The molecule has 21 heavy (non-hydrogen) atoms. The van der Waals surface area contributed by atoms with Crippen LogP contribution in [0.1, 0.15) is 40.5 Å². The number of alkyl halides is 1.